The van der Waals surface area contributed by atoms with Crippen molar-refractivity contribution in [3.63, 3.8) is 0 Å². The minimum absolute atomic E-state index is 0.0978. The molecule has 2 aromatic rings. The second kappa shape index (κ2) is 4.50. The SMILES string of the molecule is Cc1ccc(-c2ccnc3c2C(C=O)CN3)c(C)c1. The Bertz CT molecular complexity index is 649. The third kappa shape index (κ3) is 1.91. The normalized spacial score (nSPS) is 16.8. The van der Waals surface area contributed by atoms with Crippen LogP contribution < -0.4 is 5.32 Å². The molecule has 0 radical (unpaired) electrons. The van der Waals surface area contributed by atoms with Crippen molar-refractivity contribution < 1.29 is 4.79 Å². The van der Waals surface area contributed by atoms with Gasteiger partial charge in [-0.25, -0.2) is 4.98 Å². The summed E-state index contributed by atoms with van der Waals surface area (Å²) in [4.78, 5) is 15.5. The van der Waals surface area contributed by atoms with Crippen molar-refractivity contribution >= 4 is 12.1 Å². The summed E-state index contributed by atoms with van der Waals surface area (Å²) in [7, 11) is 0. The molecule has 2 heterocycles. The number of aldehydes is 1. The fourth-order valence-corrected chi connectivity index (χ4v) is 2.76. The molecule has 96 valence electrons. The van der Waals surface area contributed by atoms with Crippen LogP contribution in [0, 0.1) is 13.8 Å². The standard InChI is InChI=1S/C16H16N2O/c1-10-3-4-13(11(2)7-10)14-5-6-17-16-15(14)12(9-19)8-18-16/h3-7,9,12H,8H2,1-2H3,(H,17,18). The molecule has 1 atom stereocenters. The molecule has 3 nitrogen and oxygen atoms in total. The Morgan fingerprint density at radius 3 is 2.84 bits per heavy atom. The molecule has 1 aromatic carbocycles. The number of hydrogen-bond acceptors (Lipinski definition) is 3. The third-order valence-electron chi connectivity index (χ3n) is 3.69. The minimum Gasteiger partial charge on any atom is -0.369 e. The lowest BCUT2D eigenvalue weighted by molar-refractivity contribution is -0.108. The summed E-state index contributed by atoms with van der Waals surface area (Å²) in [6, 6.07) is 8.40. The molecule has 19 heavy (non-hydrogen) atoms. The van der Waals surface area contributed by atoms with E-state index < -0.39 is 0 Å². The summed E-state index contributed by atoms with van der Waals surface area (Å²) in [5.74, 6) is 0.744. The fourth-order valence-electron chi connectivity index (χ4n) is 2.76. The molecule has 0 saturated carbocycles. The van der Waals surface area contributed by atoms with Crippen LogP contribution in [0.5, 0.6) is 0 Å². The average molecular weight is 252 g/mol. The van der Waals surface area contributed by atoms with Gasteiger partial charge in [-0.3, -0.25) is 0 Å². The Labute approximate surface area is 112 Å². The van der Waals surface area contributed by atoms with Crippen LogP contribution in [0.3, 0.4) is 0 Å². The first-order valence-corrected chi connectivity index (χ1v) is 6.46. The van der Waals surface area contributed by atoms with E-state index in [0.717, 1.165) is 23.2 Å². The van der Waals surface area contributed by atoms with Gasteiger partial charge in [-0.15, -0.1) is 0 Å². The van der Waals surface area contributed by atoms with Crippen molar-refractivity contribution in [2.24, 2.45) is 0 Å². The summed E-state index contributed by atoms with van der Waals surface area (Å²) in [6.45, 7) is 4.84. The largest absolute Gasteiger partial charge is 0.369 e. The van der Waals surface area contributed by atoms with Crippen LogP contribution in [-0.4, -0.2) is 17.8 Å². The Morgan fingerprint density at radius 2 is 2.11 bits per heavy atom. The average Bonchev–Trinajstić information content (AvgIpc) is 2.82. The lowest BCUT2D eigenvalue weighted by Gasteiger charge is -2.12. The number of carbonyl (C=O) groups is 1. The van der Waals surface area contributed by atoms with E-state index in [-0.39, 0.29) is 5.92 Å². The first-order chi connectivity index (χ1) is 9.20. The second-order valence-electron chi connectivity index (χ2n) is 5.06. The highest BCUT2D eigenvalue weighted by atomic mass is 16.1. The Hall–Kier alpha value is -2.16. The molecule has 1 aliphatic heterocycles. The molecule has 3 rings (SSSR count). The van der Waals surface area contributed by atoms with Gasteiger partial charge in [0.15, 0.2) is 0 Å². The Balaban J connectivity index is 2.21. The van der Waals surface area contributed by atoms with Crippen LogP contribution in [0.1, 0.15) is 22.6 Å². The van der Waals surface area contributed by atoms with Crippen LogP contribution in [0.4, 0.5) is 5.82 Å². The highest BCUT2D eigenvalue weighted by Crippen LogP contribution is 2.38. The van der Waals surface area contributed by atoms with Gasteiger partial charge in [0.2, 0.25) is 0 Å². The highest BCUT2D eigenvalue weighted by Gasteiger charge is 2.26. The zero-order chi connectivity index (χ0) is 13.4. The van der Waals surface area contributed by atoms with E-state index in [2.05, 4.69) is 42.3 Å². The number of pyridine rings is 1. The summed E-state index contributed by atoms with van der Waals surface area (Å²) in [5, 5.41) is 3.20. The van der Waals surface area contributed by atoms with E-state index >= 15 is 0 Å². The van der Waals surface area contributed by atoms with Crippen molar-refractivity contribution in [2.45, 2.75) is 19.8 Å². The number of nitrogens with one attached hydrogen (secondary N) is 1. The molecule has 0 aliphatic carbocycles. The summed E-state index contributed by atoms with van der Waals surface area (Å²) in [5.41, 5.74) is 5.80. The molecular formula is C16H16N2O. The van der Waals surface area contributed by atoms with Gasteiger partial charge < -0.3 is 10.1 Å². The molecule has 0 saturated heterocycles. The van der Waals surface area contributed by atoms with Crippen molar-refractivity contribution in [2.75, 3.05) is 11.9 Å². The molecule has 1 unspecified atom stereocenters. The summed E-state index contributed by atoms with van der Waals surface area (Å²) < 4.78 is 0. The number of anilines is 1. The van der Waals surface area contributed by atoms with Gasteiger partial charge in [0.1, 0.15) is 12.1 Å². The third-order valence-corrected chi connectivity index (χ3v) is 3.69. The number of hydrogen-bond donors (Lipinski definition) is 1. The van der Waals surface area contributed by atoms with Crippen molar-refractivity contribution in [1.29, 1.82) is 0 Å². The first-order valence-electron chi connectivity index (χ1n) is 6.46. The van der Waals surface area contributed by atoms with E-state index in [4.69, 9.17) is 0 Å². The minimum atomic E-state index is -0.0978. The molecule has 0 amide bonds. The maximum absolute atomic E-state index is 11.2. The van der Waals surface area contributed by atoms with Gasteiger partial charge in [-0.05, 0) is 36.6 Å². The summed E-state index contributed by atoms with van der Waals surface area (Å²) >= 11 is 0. The molecule has 1 N–H and O–H groups in total. The molecular weight excluding hydrogens is 236 g/mol. The number of rotatable bonds is 2. The molecule has 0 spiro atoms. The quantitative estimate of drug-likeness (QED) is 0.835. The van der Waals surface area contributed by atoms with Crippen LogP contribution >= 0.6 is 0 Å². The molecule has 0 bridgehead atoms. The van der Waals surface area contributed by atoms with Gasteiger partial charge in [0.25, 0.3) is 0 Å². The van der Waals surface area contributed by atoms with Gasteiger partial charge >= 0.3 is 0 Å². The first kappa shape index (κ1) is 11.9. The number of nitrogens with zero attached hydrogens (tertiary/aromatic N) is 1. The lowest BCUT2D eigenvalue weighted by atomic mass is 9.91. The van der Waals surface area contributed by atoms with E-state index in [1.807, 2.05) is 6.07 Å². The molecule has 1 aromatic heterocycles. The molecule has 3 heteroatoms. The number of aryl methyl sites for hydroxylation is 2. The van der Waals surface area contributed by atoms with Crippen LogP contribution in [0.2, 0.25) is 0 Å². The number of fused-ring (bicyclic) bond motifs is 1. The molecule has 1 aliphatic rings. The smallest absolute Gasteiger partial charge is 0.130 e. The number of benzene rings is 1. The van der Waals surface area contributed by atoms with E-state index in [9.17, 15) is 4.79 Å². The predicted molar refractivity (Wildman–Crippen MR) is 76.4 cm³/mol. The van der Waals surface area contributed by atoms with Gasteiger partial charge in [-0.2, -0.15) is 0 Å². The van der Waals surface area contributed by atoms with Crippen molar-refractivity contribution in [3.05, 3.63) is 47.2 Å². The Morgan fingerprint density at radius 1 is 1.26 bits per heavy atom. The fraction of sp³-hybridized carbons (Fsp3) is 0.250. The van der Waals surface area contributed by atoms with Gasteiger partial charge in [0.05, 0.1) is 5.92 Å². The van der Waals surface area contributed by atoms with Crippen LogP contribution in [0.15, 0.2) is 30.5 Å². The summed E-state index contributed by atoms with van der Waals surface area (Å²) in [6.07, 6.45) is 2.81. The van der Waals surface area contributed by atoms with Crippen LogP contribution in [-0.2, 0) is 4.79 Å². The topological polar surface area (TPSA) is 42.0 Å². The van der Waals surface area contributed by atoms with E-state index in [1.165, 1.54) is 16.7 Å². The van der Waals surface area contributed by atoms with Gasteiger partial charge in [-0.1, -0.05) is 23.8 Å². The van der Waals surface area contributed by atoms with E-state index in [0.29, 0.717) is 6.54 Å². The number of carbonyl (C=O) groups excluding carboxylic acids is 1. The van der Waals surface area contributed by atoms with Crippen molar-refractivity contribution in [3.8, 4) is 11.1 Å². The van der Waals surface area contributed by atoms with E-state index in [1.54, 1.807) is 6.20 Å². The zero-order valence-electron chi connectivity index (χ0n) is 11.1. The maximum atomic E-state index is 11.2. The molecule has 0 fully saturated rings. The van der Waals surface area contributed by atoms with Crippen LogP contribution in [0.25, 0.3) is 11.1 Å². The van der Waals surface area contributed by atoms with Gasteiger partial charge in [0, 0.05) is 18.3 Å². The highest BCUT2D eigenvalue weighted by molar-refractivity contribution is 5.83. The Kier molecular flexibility index (Phi) is 2.82. The maximum Gasteiger partial charge on any atom is 0.130 e. The zero-order valence-corrected chi connectivity index (χ0v) is 11.1. The second-order valence-corrected chi connectivity index (χ2v) is 5.06. The number of aromatic nitrogens is 1. The monoisotopic (exact) mass is 252 g/mol. The predicted octanol–water partition coefficient (Wildman–Crippen LogP) is 3.07. The lowest BCUT2D eigenvalue weighted by Crippen LogP contribution is -2.03. The van der Waals surface area contributed by atoms with Crippen molar-refractivity contribution in [1.82, 2.24) is 4.98 Å².